The lowest BCUT2D eigenvalue weighted by Gasteiger charge is -2.15. The molecule has 0 heterocycles. The molecule has 3 N–H and O–H groups in total. The summed E-state index contributed by atoms with van der Waals surface area (Å²) in [6, 6.07) is 6.60. The van der Waals surface area contributed by atoms with E-state index in [1.807, 2.05) is 6.92 Å². The SMILES string of the molecule is CC(N)Cc1ccc(OCC(O)C(F)(F)F)cc1. The number of ether oxygens (including phenoxy) is 1. The van der Waals surface area contributed by atoms with Gasteiger partial charge in [-0.3, -0.25) is 0 Å². The summed E-state index contributed by atoms with van der Waals surface area (Å²) in [4.78, 5) is 0. The van der Waals surface area contributed by atoms with E-state index in [4.69, 9.17) is 15.6 Å². The lowest BCUT2D eigenvalue weighted by atomic mass is 10.1. The predicted octanol–water partition coefficient (Wildman–Crippen LogP) is 1.88. The molecule has 2 atom stereocenters. The monoisotopic (exact) mass is 263 g/mol. The number of halogens is 3. The number of hydrogen-bond acceptors (Lipinski definition) is 3. The highest BCUT2D eigenvalue weighted by Crippen LogP contribution is 2.21. The Morgan fingerprint density at radius 1 is 1.28 bits per heavy atom. The van der Waals surface area contributed by atoms with Gasteiger partial charge in [-0.05, 0) is 31.0 Å². The molecule has 0 spiro atoms. The molecule has 1 aromatic carbocycles. The van der Waals surface area contributed by atoms with E-state index in [1.165, 1.54) is 0 Å². The first kappa shape index (κ1) is 14.8. The van der Waals surface area contributed by atoms with Crippen molar-refractivity contribution in [3.8, 4) is 5.75 Å². The third-order valence-corrected chi connectivity index (χ3v) is 2.27. The highest BCUT2D eigenvalue weighted by Gasteiger charge is 2.38. The van der Waals surface area contributed by atoms with Crippen LogP contribution >= 0.6 is 0 Å². The molecule has 0 aliphatic rings. The summed E-state index contributed by atoms with van der Waals surface area (Å²) in [5.74, 6) is 0.284. The fourth-order valence-electron chi connectivity index (χ4n) is 1.36. The Labute approximate surface area is 103 Å². The summed E-state index contributed by atoms with van der Waals surface area (Å²) in [6.45, 7) is 1.06. The van der Waals surface area contributed by atoms with Gasteiger partial charge < -0.3 is 15.6 Å². The summed E-state index contributed by atoms with van der Waals surface area (Å²) in [5.41, 5.74) is 6.60. The average Bonchev–Trinajstić information content (AvgIpc) is 2.25. The standard InChI is InChI=1S/C12H16F3NO2/c1-8(16)6-9-2-4-10(5-3-9)18-7-11(17)12(13,14)15/h2-5,8,11,17H,6-7,16H2,1H3. The molecule has 0 amide bonds. The number of rotatable bonds is 5. The molecule has 0 aliphatic heterocycles. The zero-order chi connectivity index (χ0) is 13.8. The van der Waals surface area contributed by atoms with Gasteiger partial charge in [0.15, 0.2) is 6.10 Å². The number of benzene rings is 1. The number of aliphatic hydroxyl groups excluding tert-OH is 1. The molecule has 1 aromatic rings. The van der Waals surface area contributed by atoms with E-state index in [2.05, 4.69) is 0 Å². The second-order valence-corrected chi connectivity index (χ2v) is 4.19. The summed E-state index contributed by atoms with van der Waals surface area (Å²) < 4.78 is 40.9. The highest BCUT2D eigenvalue weighted by molar-refractivity contribution is 5.27. The van der Waals surface area contributed by atoms with Crippen molar-refractivity contribution in [2.24, 2.45) is 5.73 Å². The molecule has 0 saturated carbocycles. The maximum atomic E-state index is 12.0. The molecule has 0 aliphatic carbocycles. The molecule has 0 fully saturated rings. The zero-order valence-corrected chi connectivity index (χ0v) is 9.95. The molecule has 102 valence electrons. The summed E-state index contributed by atoms with van der Waals surface area (Å²) >= 11 is 0. The fraction of sp³-hybridized carbons (Fsp3) is 0.500. The zero-order valence-electron chi connectivity index (χ0n) is 9.95. The predicted molar refractivity (Wildman–Crippen MR) is 61.4 cm³/mol. The molecule has 18 heavy (non-hydrogen) atoms. The normalized spacial score (nSPS) is 15.2. The van der Waals surface area contributed by atoms with Crippen molar-refractivity contribution in [2.45, 2.75) is 31.7 Å². The topological polar surface area (TPSA) is 55.5 Å². The van der Waals surface area contributed by atoms with Gasteiger partial charge in [-0.15, -0.1) is 0 Å². The Bertz CT molecular complexity index is 363. The molecular formula is C12H16F3NO2. The minimum atomic E-state index is -4.66. The van der Waals surface area contributed by atoms with Crippen molar-refractivity contribution in [3.05, 3.63) is 29.8 Å². The molecule has 1 rings (SSSR count). The van der Waals surface area contributed by atoms with Gasteiger partial charge in [-0.25, -0.2) is 0 Å². The van der Waals surface area contributed by atoms with Gasteiger partial charge >= 0.3 is 6.18 Å². The van der Waals surface area contributed by atoms with Crippen molar-refractivity contribution in [1.82, 2.24) is 0 Å². The van der Waals surface area contributed by atoms with Crippen LogP contribution in [0.25, 0.3) is 0 Å². The number of aliphatic hydroxyl groups is 1. The Balaban J connectivity index is 2.49. The van der Waals surface area contributed by atoms with Gasteiger partial charge in [0.25, 0.3) is 0 Å². The number of nitrogens with two attached hydrogens (primary N) is 1. The fourth-order valence-corrected chi connectivity index (χ4v) is 1.36. The molecule has 0 saturated heterocycles. The van der Waals surface area contributed by atoms with Gasteiger partial charge in [0.05, 0.1) is 0 Å². The highest BCUT2D eigenvalue weighted by atomic mass is 19.4. The number of hydrogen-bond donors (Lipinski definition) is 2. The molecule has 6 heteroatoms. The van der Waals surface area contributed by atoms with Gasteiger partial charge in [0.1, 0.15) is 12.4 Å². The maximum absolute atomic E-state index is 12.0. The van der Waals surface area contributed by atoms with E-state index in [0.29, 0.717) is 6.42 Å². The Morgan fingerprint density at radius 2 is 1.83 bits per heavy atom. The van der Waals surface area contributed by atoms with E-state index >= 15 is 0 Å². The van der Waals surface area contributed by atoms with Crippen LogP contribution in [0.2, 0.25) is 0 Å². The Hall–Kier alpha value is -1.27. The van der Waals surface area contributed by atoms with Crippen molar-refractivity contribution >= 4 is 0 Å². The van der Waals surface area contributed by atoms with Crippen molar-refractivity contribution < 1.29 is 23.0 Å². The van der Waals surface area contributed by atoms with Crippen LogP contribution in [0.3, 0.4) is 0 Å². The summed E-state index contributed by atoms with van der Waals surface area (Å²) in [6.07, 6.45) is -6.44. The molecule has 3 nitrogen and oxygen atoms in total. The van der Waals surface area contributed by atoms with Gasteiger partial charge in [0.2, 0.25) is 0 Å². The van der Waals surface area contributed by atoms with E-state index in [1.54, 1.807) is 24.3 Å². The molecule has 0 aromatic heterocycles. The largest absolute Gasteiger partial charge is 0.491 e. The smallest absolute Gasteiger partial charge is 0.417 e. The third-order valence-electron chi connectivity index (χ3n) is 2.27. The first-order chi connectivity index (χ1) is 8.29. The van der Waals surface area contributed by atoms with Gasteiger partial charge in [-0.2, -0.15) is 13.2 Å². The van der Waals surface area contributed by atoms with E-state index in [0.717, 1.165) is 5.56 Å². The summed E-state index contributed by atoms with van der Waals surface area (Å²) in [5, 5.41) is 8.75. The van der Waals surface area contributed by atoms with Crippen LogP contribution in [0.5, 0.6) is 5.75 Å². The molecule has 2 unspecified atom stereocenters. The van der Waals surface area contributed by atoms with Crippen LogP contribution in [0.15, 0.2) is 24.3 Å². The van der Waals surface area contributed by atoms with Crippen LogP contribution in [0.1, 0.15) is 12.5 Å². The molecular weight excluding hydrogens is 247 g/mol. The van der Waals surface area contributed by atoms with Crippen LogP contribution in [0, 0.1) is 0 Å². The van der Waals surface area contributed by atoms with Crippen LogP contribution < -0.4 is 10.5 Å². The quantitative estimate of drug-likeness (QED) is 0.852. The lowest BCUT2D eigenvalue weighted by molar-refractivity contribution is -0.210. The number of alkyl halides is 3. The Morgan fingerprint density at radius 3 is 2.28 bits per heavy atom. The van der Waals surface area contributed by atoms with Crippen molar-refractivity contribution in [1.29, 1.82) is 0 Å². The minimum Gasteiger partial charge on any atom is -0.491 e. The van der Waals surface area contributed by atoms with E-state index in [-0.39, 0.29) is 11.8 Å². The van der Waals surface area contributed by atoms with Gasteiger partial charge in [0, 0.05) is 6.04 Å². The first-order valence-electron chi connectivity index (χ1n) is 5.51. The second-order valence-electron chi connectivity index (χ2n) is 4.19. The van der Waals surface area contributed by atoms with Crippen molar-refractivity contribution in [3.63, 3.8) is 0 Å². The van der Waals surface area contributed by atoms with Crippen molar-refractivity contribution in [2.75, 3.05) is 6.61 Å². The Kier molecular flexibility index (Phi) is 4.98. The molecule has 0 radical (unpaired) electrons. The van der Waals surface area contributed by atoms with Crippen LogP contribution in [-0.4, -0.2) is 30.0 Å². The maximum Gasteiger partial charge on any atom is 0.417 e. The van der Waals surface area contributed by atoms with Crippen LogP contribution in [-0.2, 0) is 6.42 Å². The van der Waals surface area contributed by atoms with Crippen LogP contribution in [0.4, 0.5) is 13.2 Å². The second kappa shape index (κ2) is 6.06. The average molecular weight is 263 g/mol. The lowest BCUT2D eigenvalue weighted by Crippen LogP contribution is -2.34. The first-order valence-corrected chi connectivity index (χ1v) is 5.51. The minimum absolute atomic E-state index is 0.0174. The van der Waals surface area contributed by atoms with Gasteiger partial charge in [-0.1, -0.05) is 12.1 Å². The van der Waals surface area contributed by atoms with E-state index in [9.17, 15) is 13.2 Å². The third kappa shape index (κ3) is 4.93. The van der Waals surface area contributed by atoms with E-state index < -0.39 is 18.9 Å². The molecule has 0 bridgehead atoms. The summed E-state index contributed by atoms with van der Waals surface area (Å²) in [7, 11) is 0.